The molecule has 0 saturated carbocycles. The van der Waals surface area contributed by atoms with Gasteiger partial charge in [0.2, 0.25) is 0 Å². The first kappa shape index (κ1) is 11.7. The van der Waals surface area contributed by atoms with Crippen LogP contribution in [-0.4, -0.2) is 26.5 Å². The van der Waals surface area contributed by atoms with Crippen LogP contribution >= 0.6 is 0 Å². The van der Waals surface area contributed by atoms with Crippen LogP contribution in [0.4, 0.5) is 5.69 Å². The van der Waals surface area contributed by atoms with Crippen molar-refractivity contribution in [3.8, 4) is 0 Å². The summed E-state index contributed by atoms with van der Waals surface area (Å²) < 4.78 is 4.94. The van der Waals surface area contributed by atoms with Crippen LogP contribution in [0.2, 0.25) is 0 Å². The van der Waals surface area contributed by atoms with Crippen LogP contribution in [0, 0.1) is 0 Å². The summed E-state index contributed by atoms with van der Waals surface area (Å²) in [5.74, 6) is 0. The van der Waals surface area contributed by atoms with Gasteiger partial charge in [-0.25, -0.2) is 0 Å². The highest BCUT2D eigenvalue weighted by atomic mass is 16.5. The second-order valence-electron chi connectivity index (χ2n) is 3.32. The fraction of sp³-hybridized carbons (Fsp3) is 0.417. The lowest BCUT2D eigenvalue weighted by Crippen LogP contribution is -2.07. The Kier molecular flexibility index (Phi) is 5.48. The lowest BCUT2D eigenvalue weighted by Gasteiger charge is -2.06. The maximum absolute atomic E-state index is 10.2. The fourth-order valence-corrected chi connectivity index (χ4v) is 1.31. The summed E-state index contributed by atoms with van der Waals surface area (Å²) in [6, 6.07) is 8.13. The zero-order valence-electron chi connectivity index (χ0n) is 9.03. The molecule has 15 heavy (non-hydrogen) atoms. The minimum absolute atomic E-state index is 0.594. The van der Waals surface area contributed by atoms with E-state index in [0.29, 0.717) is 13.0 Å². The fourth-order valence-electron chi connectivity index (χ4n) is 1.31. The Labute approximate surface area is 90.4 Å². The maximum atomic E-state index is 10.2. The molecule has 3 nitrogen and oxygen atoms in total. The van der Waals surface area contributed by atoms with E-state index in [1.165, 1.54) is 5.56 Å². The SMILES string of the molecule is COCCNc1ccc(CCC=O)cc1. The number of carbonyl (C=O) groups is 1. The van der Waals surface area contributed by atoms with Crippen molar-refractivity contribution < 1.29 is 9.53 Å². The molecule has 0 saturated heterocycles. The molecule has 0 amide bonds. The topological polar surface area (TPSA) is 38.3 Å². The number of nitrogens with one attached hydrogen (secondary N) is 1. The molecule has 0 radical (unpaired) electrons. The monoisotopic (exact) mass is 207 g/mol. The number of aryl methyl sites for hydroxylation is 1. The first-order chi connectivity index (χ1) is 7.36. The van der Waals surface area contributed by atoms with Crippen LogP contribution in [-0.2, 0) is 16.0 Å². The summed E-state index contributed by atoms with van der Waals surface area (Å²) in [7, 11) is 1.68. The van der Waals surface area contributed by atoms with Crippen LogP contribution < -0.4 is 5.32 Å². The number of aldehydes is 1. The molecule has 1 rings (SSSR count). The van der Waals surface area contributed by atoms with Gasteiger partial charge in [0, 0.05) is 25.8 Å². The van der Waals surface area contributed by atoms with E-state index < -0.39 is 0 Å². The Hall–Kier alpha value is -1.35. The molecule has 1 N–H and O–H groups in total. The van der Waals surface area contributed by atoms with Crippen LogP contribution in [0.1, 0.15) is 12.0 Å². The van der Waals surface area contributed by atoms with E-state index in [-0.39, 0.29) is 0 Å². The number of rotatable bonds is 7. The quantitative estimate of drug-likeness (QED) is 0.548. The summed E-state index contributed by atoms with van der Waals surface area (Å²) in [5.41, 5.74) is 2.28. The Morgan fingerprint density at radius 3 is 2.67 bits per heavy atom. The molecule has 82 valence electrons. The normalized spacial score (nSPS) is 9.93. The summed E-state index contributed by atoms with van der Waals surface area (Å²) in [4.78, 5) is 10.2. The number of methoxy groups -OCH3 is 1. The highest BCUT2D eigenvalue weighted by Gasteiger charge is 1.94. The van der Waals surface area contributed by atoms with Crippen molar-refractivity contribution in [1.82, 2.24) is 0 Å². The largest absolute Gasteiger partial charge is 0.383 e. The molecule has 0 aliphatic carbocycles. The third kappa shape index (κ3) is 4.61. The van der Waals surface area contributed by atoms with Gasteiger partial charge >= 0.3 is 0 Å². The average molecular weight is 207 g/mol. The molecule has 0 unspecified atom stereocenters. The molecule has 0 fully saturated rings. The van der Waals surface area contributed by atoms with Gasteiger partial charge in [0.15, 0.2) is 0 Å². The molecule has 0 aliphatic heterocycles. The van der Waals surface area contributed by atoms with Crippen LogP contribution in [0.15, 0.2) is 24.3 Å². The maximum Gasteiger partial charge on any atom is 0.120 e. The molecule has 1 aromatic rings. The van der Waals surface area contributed by atoms with E-state index >= 15 is 0 Å². The molecular weight excluding hydrogens is 190 g/mol. The smallest absolute Gasteiger partial charge is 0.120 e. The van der Waals surface area contributed by atoms with Gasteiger partial charge in [0.1, 0.15) is 6.29 Å². The molecule has 0 bridgehead atoms. The first-order valence-corrected chi connectivity index (χ1v) is 5.12. The first-order valence-electron chi connectivity index (χ1n) is 5.12. The van der Waals surface area contributed by atoms with Crippen molar-refractivity contribution in [1.29, 1.82) is 0 Å². The standard InChI is InChI=1S/C12H17NO2/c1-15-10-8-13-12-6-4-11(5-7-12)3-2-9-14/h4-7,9,13H,2-3,8,10H2,1H3. The Morgan fingerprint density at radius 1 is 1.33 bits per heavy atom. The van der Waals surface area contributed by atoms with Crippen molar-refractivity contribution in [2.45, 2.75) is 12.8 Å². The third-order valence-corrected chi connectivity index (χ3v) is 2.14. The second-order valence-corrected chi connectivity index (χ2v) is 3.32. The molecule has 0 spiro atoms. The molecule has 0 aromatic heterocycles. The van der Waals surface area contributed by atoms with E-state index in [9.17, 15) is 4.79 Å². The van der Waals surface area contributed by atoms with Gasteiger partial charge in [-0.3, -0.25) is 0 Å². The van der Waals surface area contributed by atoms with E-state index in [1.54, 1.807) is 7.11 Å². The molecule has 0 atom stereocenters. The molecule has 0 heterocycles. The van der Waals surface area contributed by atoms with Crippen LogP contribution in [0.5, 0.6) is 0 Å². The zero-order chi connectivity index (χ0) is 10.9. The van der Waals surface area contributed by atoms with Crippen molar-refractivity contribution >= 4 is 12.0 Å². The number of hydrogen-bond donors (Lipinski definition) is 1. The van der Waals surface area contributed by atoms with Crippen molar-refractivity contribution in [3.05, 3.63) is 29.8 Å². The van der Waals surface area contributed by atoms with Crippen LogP contribution in [0.3, 0.4) is 0 Å². The summed E-state index contributed by atoms with van der Waals surface area (Å²) in [6.45, 7) is 1.51. The average Bonchev–Trinajstić information content (AvgIpc) is 2.28. The Morgan fingerprint density at radius 2 is 2.07 bits per heavy atom. The minimum atomic E-state index is 0.594. The van der Waals surface area contributed by atoms with Crippen molar-refractivity contribution in [2.75, 3.05) is 25.6 Å². The lowest BCUT2D eigenvalue weighted by atomic mass is 10.1. The van der Waals surface area contributed by atoms with Gasteiger partial charge in [-0.15, -0.1) is 0 Å². The number of hydrogen-bond acceptors (Lipinski definition) is 3. The van der Waals surface area contributed by atoms with E-state index in [2.05, 4.69) is 5.32 Å². The van der Waals surface area contributed by atoms with Gasteiger partial charge in [0.05, 0.1) is 6.61 Å². The highest BCUT2D eigenvalue weighted by molar-refractivity contribution is 5.51. The minimum Gasteiger partial charge on any atom is -0.383 e. The predicted octanol–water partition coefficient (Wildman–Crippen LogP) is 1.88. The van der Waals surface area contributed by atoms with Gasteiger partial charge in [-0.2, -0.15) is 0 Å². The molecular formula is C12H17NO2. The van der Waals surface area contributed by atoms with Crippen LogP contribution in [0.25, 0.3) is 0 Å². The van der Waals surface area contributed by atoms with Gasteiger partial charge in [-0.1, -0.05) is 12.1 Å². The molecule has 3 heteroatoms. The summed E-state index contributed by atoms with van der Waals surface area (Å²) >= 11 is 0. The number of carbonyl (C=O) groups excluding carboxylic acids is 1. The van der Waals surface area contributed by atoms with Gasteiger partial charge < -0.3 is 14.8 Å². The predicted molar refractivity (Wildman–Crippen MR) is 61.2 cm³/mol. The lowest BCUT2D eigenvalue weighted by molar-refractivity contribution is -0.107. The Bertz CT molecular complexity index is 282. The molecule has 0 aliphatic rings. The van der Waals surface area contributed by atoms with E-state index in [4.69, 9.17) is 4.74 Å². The number of benzene rings is 1. The number of ether oxygens (including phenoxy) is 1. The third-order valence-electron chi connectivity index (χ3n) is 2.14. The summed E-state index contributed by atoms with van der Waals surface area (Å²) in [6.07, 6.45) is 2.36. The molecule has 1 aromatic carbocycles. The zero-order valence-corrected chi connectivity index (χ0v) is 9.03. The van der Waals surface area contributed by atoms with Gasteiger partial charge in [0.25, 0.3) is 0 Å². The van der Waals surface area contributed by atoms with Gasteiger partial charge in [-0.05, 0) is 24.1 Å². The van der Waals surface area contributed by atoms with Crippen molar-refractivity contribution in [2.24, 2.45) is 0 Å². The second kappa shape index (κ2) is 7.01. The highest BCUT2D eigenvalue weighted by Crippen LogP contribution is 2.10. The van der Waals surface area contributed by atoms with E-state index in [0.717, 1.165) is 24.9 Å². The Balaban J connectivity index is 2.38. The van der Waals surface area contributed by atoms with Crippen molar-refractivity contribution in [3.63, 3.8) is 0 Å². The number of anilines is 1. The van der Waals surface area contributed by atoms with E-state index in [1.807, 2.05) is 24.3 Å². The summed E-state index contributed by atoms with van der Waals surface area (Å²) in [5, 5.41) is 3.23.